The minimum Gasteiger partial charge on any atom is -0.342 e. The van der Waals surface area contributed by atoms with Crippen molar-refractivity contribution in [2.24, 2.45) is 4.99 Å². The Kier molecular flexibility index (Phi) is 4.45. The molecule has 0 aromatic rings. The molecule has 108 valence electrons. The molecular weight excluding hydrogens is 240 g/mol. The highest BCUT2D eigenvalue weighted by Gasteiger charge is 2.45. The molecule has 2 heterocycles. The average molecular weight is 266 g/mol. The van der Waals surface area contributed by atoms with Gasteiger partial charge in [0.25, 0.3) is 5.91 Å². The molecule has 1 atom stereocenters. The SMILES string of the molecule is CCCN1CCCC2(CC1)NC(=NC(C)C)NC2=O. The zero-order valence-corrected chi connectivity index (χ0v) is 12.3. The molecule has 0 bridgehead atoms. The van der Waals surface area contributed by atoms with E-state index in [0.29, 0.717) is 5.96 Å². The lowest BCUT2D eigenvalue weighted by Gasteiger charge is -2.25. The van der Waals surface area contributed by atoms with Crippen LogP contribution in [0.4, 0.5) is 0 Å². The number of hydrogen-bond donors (Lipinski definition) is 2. The van der Waals surface area contributed by atoms with E-state index in [1.165, 1.54) is 6.42 Å². The first-order valence-corrected chi connectivity index (χ1v) is 7.45. The summed E-state index contributed by atoms with van der Waals surface area (Å²) in [5, 5.41) is 6.25. The number of carbonyl (C=O) groups excluding carboxylic acids is 1. The molecule has 0 aromatic heterocycles. The highest BCUT2D eigenvalue weighted by molar-refractivity contribution is 6.09. The number of amides is 1. The van der Waals surface area contributed by atoms with E-state index >= 15 is 0 Å². The minimum absolute atomic E-state index is 0.102. The first-order chi connectivity index (χ1) is 9.05. The van der Waals surface area contributed by atoms with Crippen molar-refractivity contribution in [1.82, 2.24) is 15.5 Å². The molecule has 0 saturated carbocycles. The third kappa shape index (κ3) is 3.26. The minimum atomic E-state index is -0.420. The maximum Gasteiger partial charge on any atom is 0.252 e. The van der Waals surface area contributed by atoms with Crippen LogP contribution in [0, 0.1) is 0 Å². The van der Waals surface area contributed by atoms with Crippen LogP contribution in [-0.4, -0.2) is 48.0 Å². The summed E-state index contributed by atoms with van der Waals surface area (Å²) in [7, 11) is 0. The smallest absolute Gasteiger partial charge is 0.252 e. The molecule has 0 aliphatic carbocycles. The summed E-state index contributed by atoms with van der Waals surface area (Å²) in [5.41, 5.74) is -0.420. The van der Waals surface area contributed by atoms with Gasteiger partial charge in [0, 0.05) is 12.6 Å². The Morgan fingerprint density at radius 2 is 2.16 bits per heavy atom. The van der Waals surface area contributed by atoms with Gasteiger partial charge in [0.05, 0.1) is 0 Å². The molecule has 5 nitrogen and oxygen atoms in total. The van der Waals surface area contributed by atoms with Crippen LogP contribution >= 0.6 is 0 Å². The van der Waals surface area contributed by atoms with Gasteiger partial charge in [-0.1, -0.05) is 6.92 Å². The number of aliphatic imine (C=N–C) groups is 1. The van der Waals surface area contributed by atoms with E-state index in [9.17, 15) is 4.79 Å². The van der Waals surface area contributed by atoms with E-state index in [1.54, 1.807) is 0 Å². The average Bonchev–Trinajstić information content (AvgIpc) is 2.51. The molecule has 19 heavy (non-hydrogen) atoms. The van der Waals surface area contributed by atoms with Gasteiger partial charge < -0.3 is 10.2 Å². The van der Waals surface area contributed by atoms with Gasteiger partial charge in [-0.3, -0.25) is 15.1 Å². The molecule has 2 saturated heterocycles. The number of rotatable bonds is 3. The largest absolute Gasteiger partial charge is 0.342 e. The molecule has 2 N–H and O–H groups in total. The second-order valence-corrected chi connectivity index (χ2v) is 5.93. The summed E-state index contributed by atoms with van der Waals surface area (Å²) >= 11 is 0. The summed E-state index contributed by atoms with van der Waals surface area (Å²) in [5.74, 6) is 0.759. The first-order valence-electron chi connectivity index (χ1n) is 7.45. The van der Waals surface area contributed by atoms with E-state index in [4.69, 9.17) is 0 Å². The first kappa shape index (κ1) is 14.3. The number of nitrogens with one attached hydrogen (secondary N) is 2. The van der Waals surface area contributed by atoms with E-state index in [0.717, 1.165) is 38.9 Å². The lowest BCUT2D eigenvalue weighted by atomic mass is 9.91. The zero-order chi connectivity index (χ0) is 13.9. The predicted octanol–water partition coefficient (Wildman–Crippen LogP) is 1.10. The van der Waals surface area contributed by atoms with Crippen molar-refractivity contribution in [3.8, 4) is 0 Å². The lowest BCUT2D eigenvalue weighted by molar-refractivity contribution is -0.124. The Morgan fingerprint density at radius 3 is 2.84 bits per heavy atom. The molecule has 0 aromatic carbocycles. The Hall–Kier alpha value is -1.10. The fourth-order valence-corrected chi connectivity index (χ4v) is 2.95. The lowest BCUT2D eigenvalue weighted by Crippen LogP contribution is -2.47. The van der Waals surface area contributed by atoms with Crippen molar-refractivity contribution in [1.29, 1.82) is 0 Å². The maximum atomic E-state index is 12.3. The van der Waals surface area contributed by atoms with Crippen molar-refractivity contribution in [2.45, 2.75) is 58.0 Å². The molecule has 2 fully saturated rings. The van der Waals surface area contributed by atoms with E-state index in [-0.39, 0.29) is 11.9 Å². The molecule has 1 spiro atoms. The third-order valence-corrected chi connectivity index (χ3v) is 3.88. The molecule has 2 aliphatic rings. The number of guanidine groups is 1. The van der Waals surface area contributed by atoms with Gasteiger partial charge in [0.15, 0.2) is 5.96 Å². The highest BCUT2D eigenvalue weighted by atomic mass is 16.2. The predicted molar refractivity (Wildman–Crippen MR) is 77.2 cm³/mol. The van der Waals surface area contributed by atoms with Gasteiger partial charge in [0.2, 0.25) is 0 Å². The fourth-order valence-electron chi connectivity index (χ4n) is 2.95. The number of nitrogens with zero attached hydrogens (tertiary/aromatic N) is 2. The zero-order valence-electron chi connectivity index (χ0n) is 12.3. The van der Waals surface area contributed by atoms with Crippen LogP contribution in [-0.2, 0) is 4.79 Å². The van der Waals surface area contributed by atoms with Crippen LogP contribution in [0.3, 0.4) is 0 Å². The van der Waals surface area contributed by atoms with Gasteiger partial charge in [-0.05, 0) is 52.6 Å². The van der Waals surface area contributed by atoms with Crippen molar-refractivity contribution in [3.63, 3.8) is 0 Å². The molecule has 2 aliphatic heterocycles. The molecule has 1 amide bonds. The summed E-state index contributed by atoms with van der Waals surface area (Å²) in [6, 6.07) is 0.195. The fraction of sp³-hybridized carbons (Fsp3) is 0.857. The maximum absolute atomic E-state index is 12.3. The Bertz CT molecular complexity index is 366. The molecule has 0 radical (unpaired) electrons. The van der Waals surface area contributed by atoms with Crippen LogP contribution < -0.4 is 10.6 Å². The quantitative estimate of drug-likeness (QED) is 0.804. The van der Waals surface area contributed by atoms with Crippen LogP contribution in [0.25, 0.3) is 0 Å². The van der Waals surface area contributed by atoms with Crippen molar-refractivity contribution in [2.75, 3.05) is 19.6 Å². The highest BCUT2D eigenvalue weighted by Crippen LogP contribution is 2.25. The normalized spacial score (nSPS) is 30.7. The van der Waals surface area contributed by atoms with Crippen LogP contribution in [0.5, 0.6) is 0 Å². The molecule has 2 rings (SSSR count). The standard InChI is InChI=1S/C14H26N4O/c1-4-8-18-9-5-6-14(7-10-18)12(19)16-13(17-14)15-11(2)3/h11H,4-10H2,1-3H3,(H2,15,16,17,19). The topological polar surface area (TPSA) is 56.7 Å². The van der Waals surface area contributed by atoms with Gasteiger partial charge >= 0.3 is 0 Å². The second kappa shape index (κ2) is 5.90. The van der Waals surface area contributed by atoms with Crippen LogP contribution in [0.1, 0.15) is 46.5 Å². The van der Waals surface area contributed by atoms with E-state index in [2.05, 4.69) is 27.4 Å². The Labute approximate surface area is 115 Å². The monoisotopic (exact) mass is 266 g/mol. The van der Waals surface area contributed by atoms with E-state index in [1.807, 2.05) is 13.8 Å². The van der Waals surface area contributed by atoms with E-state index < -0.39 is 5.54 Å². The molecule has 1 unspecified atom stereocenters. The second-order valence-electron chi connectivity index (χ2n) is 5.93. The number of carbonyl (C=O) groups is 1. The third-order valence-electron chi connectivity index (χ3n) is 3.88. The van der Waals surface area contributed by atoms with Gasteiger partial charge in [0.1, 0.15) is 5.54 Å². The Morgan fingerprint density at radius 1 is 1.37 bits per heavy atom. The van der Waals surface area contributed by atoms with Gasteiger partial charge in [-0.15, -0.1) is 0 Å². The van der Waals surface area contributed by atoms with Crippen LogP contribution in [0.2, 0.25) is 0 Å². The summed E-state index contributed by atoms with van der Waals surface area (Å²) in [6.45, 7) is 9.45. The summed E-state index contributed by atoms with van der Waals surface area (Å²) in [4.78, 5) is 19.2. The summed E-state index contributed by atoms with van der Waals surface area (Å²) < 4.78 is 0. The van der Waals surface area contributed by atoms with Crippen LogP contribution in [0.15, 0.2) is 4.99 Å². The van der Waals surface area contributed by atoms with Gasteiger partial charge in [-0.2, -0.15) is 0 Å². The number of hydrogen-bond acceptors (Lipinski definition) is 3. The number of likely N-dealkylation sites (tertiary alicyclic amines) is 1. The molecular formula is C14H26N4O. The van der Waals surface area contributed by atoms with Crippen molar-refractivity contribution < 1.29 is 4.79 Å². The Balaban J connectivity index is 2.05. The molecule has 5 heteroatoms. The van der Waals surface area contributed by atoms with Crippen molar-refractivity contribution in [3.05, 3.63) is 0 Å². The van der Waals surface area contributed by atoms with Crippen molar-refractivity contribution >= 4 is 11.9 Å². The summed E-state index contributed by atoms with van der Waals surface area (Å²) in [6.07, 6.45) is 4.01. The van der Waals surface area contributed by atoms with Gasteiger partial charge in [-0.25, -0.2) is 0 Å².